The number of rotatable bonds is 4. The molecule has 1 aliphatic carbocycles. The second-order valence-corrected chi connectivity index (χ2v) is 6.76. The van der Waals surface area contributed by atoms with Crippen LogP contribution >= 0.6 is 11.3 Å². The van der Waals surface area contributed by atoms with E-state index in [-0.39, 0.29) is 11.5 Å². The summed E-state index contributed by atoms with van der Waals surface area (Å²) in [6, 6.07) is 0.338. The molecule has 1 fully saturated rings. The van der Waals surface area contributed by atoms with E-state index in [0.717, 1.165) is 6.42 Å². The molecule has 1 aliphatic rings. The molecule has 0 amide bonds. The van der Waals surface area contributed by atoms with Gasteiger partial charge in [0.1, 0.15) is 4.88 Å². The summed E-state index contributed by atoms with van der Waals surface area (Å²) < 4.78 is 4.69. The fraction of sp³-hybridized carbons (Fsp3) is 0.667. The molecule has 0 saturated heterocycles. The van der Waals surface area contributed by atoms with Gasteiger partial charge in [-0.15, -0.1) is 0 Å². The number of ketones is 1. The Morgan fingerprint density at radius 1 is 1.33 bits per heavy atom. The Bertz CT molecular complexity index is 541. The second kappa shape index (κ2) is 6.56. The molecule has 0 aliphatic heterocycles. The van der Waals surface area contributed by atoms with Crippen molar-refractivity contribution in [2.75, 3.05) is 12.4 Å². The van der Waals surface area contributed by atoms with Crippen LogP contribution in [-0.2, 0) is 4.74 Å². The molecule has 3 atom stereocenters. The van der Waals surface area contributed by atoms with E-state index in [1.807, 2.05) is 0 Å². The predicted octanol–water partition coefficient (Wildman–Crippen LogP) is 3.37. The van der Waals surface area contributed by atoms with Crippen molar-refractivity contribution in [3.8, 4) is 0 Å². The average molecular weight is 310 g/mol. The Morgan fingerprint density at radius 3 is 2.67 bits per heavy atom. The number of anilines is 1. The van der Waals surface area contributed by atoms with E-state index in [4.69, 9.17) is 4.74 Å². The van der Waals surface area contributed by atoms with E-state index in [9.17, 15) is 9.59 Å². The molecule has 1 aromatic heterocycles. The van der Waals surface area contributed by atoms with E-state index in [2.05, 4.69) is 24.1 Å². The first-order chi connectivity index (χ1) is 9.93. The Balaban J connectivity index is 2.20. The molecule has 116 valence electrons. The van der Waals surface area contributed by atoms with Crippen LogP contribution in [-0.4, -0.2) is 29.9 Å². The van der Waals surface area contributed by atoms with Crippen LogP contribution in [0.5, 0.6) is 0 Å². The fourth-order valence-electron chi connectivity index (χ4n) is 2.80. The average Bonchev–Trinajstić information content (AvgIpc) is 2.87. The van der Waals surface area contributed by atoms with E-state index < -0.39 is 5.97 Å². The first kappa shape index (κ1) is 15.9. The zero-order valence-electron chi connectivity index (χ0n) is 12.9. The Labute approximate surface area is 129 Å². The van der Waals surface area contributed by atoms with Crippen molar-refractivity contribution in [2.45, 2.75) is 46.1 Å². The molecule has 1 heterocycles. The summed E-state index contributed by atoms with van der Waals surface area (Å²) in [6.07, 6.45) is 3.54. The predicted molar refractivity (Wildman–Crippen MR) is 83.0 cm³/mol. The number of ether oxygens (including phenoxy) is 1. The van der Waals surface area contributed by atoms with Crippen molar-refractivity contribution in [1.82, 2.24) is 4.98 Å². The van der Waals surface area contributed by atoms with Crippen molar-refractivity contribution in [3.05, 3.63) is 10.6 Å². The first-order valence-corrected chi connectivity index (χ1v) is 8.12. The topological polar surface area (TPSA) is 68.3 Å². The molecule has 5 nitrogen and oxygen atoms in total. The highest BCUT2D eigenvalue weighted by Crippen LogP contribution is 2.33. The summed E-state index contributed by atoms with van der Waals surface area (Å²) in [6.45, 7) is 5.94. The smallest absolute Gasteiger partial charge is 0.358 e. The molecule has 0 aromatic carbocycles. The summed E-state index contributed by atoms with van der Waals surface area (Å²) >= 11 is 1.24. The first-order valence-electron chi connectivity index (χ1n) is 7.30. The maximum absolute atomic E-state index is 11.7. The number of carbonyl (C=O) groups is 2. The summed E-state index contributed by atoms with van der Waals surface area (Å²) in [5.41, 5.74) is 0.119. The van der Waals surface area contributed by atoms with Crippen LogP contribution in [0.15, 0.2) is 0 Å². The molecule has 0 radical (unpaired) electrons. The molecule has 21 heavy (non-hydrogen) atoms. The van der Waals surface area contributed by atoms with E-state index in [0.29, 0.717) is 27.9 Å². The van der Waals surface area contributed by atoms with Gasteiger partial charge in [-0.1, -0.05) is 38.0 Å². The molecular weight excluding hydrogens is 288 g/mol. The normalized spacial score (nSPS) is 25.4. The van der Waals surface area contributed by atoms with E-state index >= 15 is 0 Å². The van der Waals surface area contributed by atoms with Crippen molar-refractivity contribution >= 4 is 28.2 Å². The Kier molecular flexibility index (Phi) is 4.98. The minimum atomic E-state index is -0.561. The van der Waals surface area contributed by atoms with Crippen LogP contribution in [0.1, 0.15) is 60.2 Å². The number of Topliss-reactive ketones (excluding diaryl/α,β-unsaturated/α-hetero) is 1. The highest BCUT2D eigenvalue weighted by atomic mass is 32.1. The lowest BCUT2D eigenvalue weighted by Crippen LogP contribution is -2.34. The molecule has 0 spiro atoms. The number of thiazole rings is 1. The van der Waals surface area contributed by atoms with Gasteiger partial charge in [-0.25, -0.2) is 9.78 Å². The Hall–Kier alpha value is -1.43. The number of aromatic nitrogens is 1. The van der Waals surface area contributed by atoms with Gasteiger partial charge in [0.05, 0.1) is 7.11 Å². The summed E-state index contributed by atoms with van der Waals surface area (Å²) in [4.78, 5) is 28.0. The van der Waals surface area contributed by atoms with Gasteiger partial charge >= 0.3 is 5.97 Å². The third-order valence-electron chi connectivity index (χ3n) is 4.34. The molecular formula is C15H22N2O3S. The van der Waals surface area contributed by atoms with Gasteiger partial charge in [0.25, 0.3) is 0 Å². The van der Waals surface area contributed by atoms with Gasteiger partial charge in [0.2, 0.25) is 0 Å². The van der Waals surface area contributed by atoms with Crippen LogP contribution in [0, 0.1) is 11.8 Å². The zero-order valence-corrected chi connectivity index (χ0v) is 13.8. The lowest BCUT2D eigenvalue weighted by Gasteiger charge is -2.34. The highest BCUT2D eigenvalue weighted by molar-refractivity contribution is 7.17. The number of esters is 1. The van der Waals surface area contributed by atoms with Crippen LogP contribution in [0.25, 0.3) is 0 Å². The van der Waals surface area contributed by atoms with Crippen molar-refractivity contribution in [1.29, 1.82) is 0 Å². The third-order valence-corrected chi connectivity index (χ3v) is 5.43. The van der Waals surface area contributed by atoms with Gasteiger partial charge in [-0.3, -0.25) is 4.79 Å². The van der Waals surface area contributed by atoms with Crippen LogP contribution in [0.4, 0.5) is 5.13 Å². The molecule has 2 rings (SSSR count). The van der Waals surface area contributed by atoms with E-state index in [1.54, 1.807) is 0 Å². The lowest BCUT2D eigenvalue weighted by atomic mass is 9.78. The largest absolute Gasteiger partial charge is 0.464 e. The number of methoxy groups -OCH3 is 1. The molecule has 1 N–H and O–H groups in total. The third kappa shape index (κ3) is 3.43. The van der Waals surface area contributed by atoms with Gasteiger partial charge in [0.15, 0.2) is 16.6 Å². The van der Waals surface area contributed by atoms with E-state index in [1.165, 1.54) is 38.2 Å². The summed E-state index contributed by atoms with van der Waals surface area (Å²) in [7, 11) is 1.30. The maximum Gasteiger partial charge on any atom is 0.358 e. The second-order valence-electron chi connectivity index (χ2n) is 5.76. The van der Waals surface area contributed by atoms with Crippen molar-refractivity contribution in [2.24, 2.45) is 11.8 Å². The van der Waals surface area contributed by atoms with Crippen LogP contribution in [0.2, 0.25) is 0 Å². The van der Waals surface area contributed by atoms with Gasteiger partial charge in [-0.05, 0) is 18.3 Å². The highest BCUT2D eigenvalue weighted by Gasteiger charge is 2.29. The maximum atomic E-state index is 11.7. The lowest BCUT2D eigenvalue weighted by molar-refractivity contribution is 0.0591. The minimum Gasteiger partial charge on any atom is -0.464 e. The standard InChI is InChI=1S/C15H22N2O3S/c1-8-6-5-7-11(9(8)2)16-15-17-12(14(19)20-4)13(21-15)10(3)18/h8-9,11H,5-7H2,1-4H3,(H,16,17). The van der Waals surface area contributed by atoms with Gasteiger partial charge < -0.3 is 10.1 Å². The number of hydrogen-bond donors (Lipinski definition) is 1. The summed E-state index contributed by atoms with van der Waals surface area (Å²) in [5, 5.41) is 4.03. The van der Waals surface area contributed by atoms with Crippen molar-refractivity contribution < 1.29 is 14.3 Å². The van der Waals surface area contributed by atoms with Crippen molar-refractivity contribution in [3.63, 3.8) is 0 Å². The molecule has 1 saturated carbocycles. The quantitative estimate of drug-likeness (QED) is 0.682. The number of nitrogens with zero attached hydrogens (tertiary/aromatic N) is 1. The molecule has 3 unspecified atom stereocenters. The monoisotopic (exact) mass is 310 g/mol. The number of hydrogen-bond acceptors (Lipinski definition) is 6. The van der Waals surface area contributed by atoms with Gasteiger partial charge in [0, 0.05) is 13.0 Å². The molecule has 6 heteroatoms. The summed E-state index contributed by atoms with van der Waals surface area (Å²) in [5.74, 6) is 0.495. The zero-order chi connectivity index (χ0) is 15.6. The van der Waals surface area contributed by atoms with Crippen LogP contribution < -0.4 is 5.32 Å². The van der Waals surface area contributed by atoms with Gasteiger partial charge in [-0.2, -0.15) is 0 Å². The number of carbonyl (C=O) groups excluding carboxylic acids is 2. The van der Waals surface area contributed by atoms with Crippen LogP contribution in [0.3, 0.4) is 0 Å². The minimum absolute atomic E-state index is 0.119. The molecule has 1 aromatic rings. The SMILES string of the molecule is COC(=O)c1nc(NC2CCCC(C)C2C)sc1C(C)=O. The number of nitrogens with one attached hydrogen (secondary N) is 1. The fourth-order valence-corrected chi connectivity index (χ4v) is 3.71. The Morgan fingerprint density at radius 2 is 2.05 bits per heavy atom. The molecule has 0 bridgehead atoms.